The molecule has 0 saturated carbocycles. The van der Waals surface area contributed by atoms with Crippen LogP contribution in [0.4, 0.5) is 0 Å². The fourth-order valence-corrected chi connectivity index (χ4v) is 3.95. The first-order valence-corrected chi connectivity index (χ1v) is 10.1. The molecule has 3 rings (SSSR count). The van der Waals surface area contributed by atoms with E-state index in [1.807, 2.05) is 37.3 Å². The lowest BCUT2D eigenvalue weighted by atomic mass is 10.1. The highest BCUT2D eigenvalue weighted by molar-refractivity contribution is 7.91. The van der Waals surface area contributed by atoms with Crippen molar-refractivity contribution in [2.45, 2.75) is 24.3 Å². The van der Waals surface area contributed by atoms with Gasteiger partial charge in [0.15, 0.2) is 21.3 Å². The Labute approximate surface area is 153 Å². The van der Waals surface area contributed by atoms with Gasteiger partial charge < -0.3 is 14.8 Å². The van der Waals surface area contributed by atoms with Crippen LogP contribution in [0.2, 0.25) is 0 Å². The first-order valence-electron chi connectivity index (χ1n) is 8.42. The van der Waals surface area contributed by atoms with E-state index in [1.54, 1.807) is 6.07 Å². The molecule has 7 heteroatoms. The molecule has 1 N–H and O–H groups in total. The molecular weight excluding hydrogens is 354 g/mol. The molecular formula is C19H21NO5S. The summed E-state index contributed by atoms with van der Waals surface area (Å²) in [4.78, 5) is 12.2. The molecule has 0 aliphatic carbocycles. The molecule has 1 aliphatic rings. The van der Waals surface area contributed by atoms with Gasteiger partial charge in [-0.2, -0.15) is 0 Å². The first kappa shape index (κ1) is 18.3. The molecule has 2 aromatic rings. The van der Waals surface area contributed by atoms with Crippen LogP contribution in [-0.4, -0.2) is 33.3 Å². The van der Waals surface area contributed by atoms with E-state index in [4.69, 9.17) is 9.47 Å². The van der Waals surface area contributed by atoms with Gasteiger partial charge in [0.25, 0.3) is 0 Å². The van der Waals surface area contributed by atoms with Gasteiger partial charge in [-0.05, 0) is 24.6 Å². The molecule has 1 heterocycles. The smallest absolute Gasteiger partial charge is 0.221 e. The summed E-state index contributed by atoms with van der Waals surface area (Å²) in [5.41, 5.74) is 0.968. The van der Waals surface area contributed by atoms with Crippen LogP contribution in [0.3, 0.4) is 0 Å². The van der Waals surface area contributed by atoms with E-state index in [9.17, 15) is 13.2 Å². The Morgan fingerprint density at radius 1 is 1.08 bits per heavy atom. The number of amides is 1. The number of nitrogens with one attached hydrogen (secondary N) is 1. The Kier molecular flexibility index (Phi) is 5.46. The quantitative estimate of drug-likeness (QED) is 0.839. The van der Waals surface area contributed by atoms with E-state index in [1.165, 1.54) is 12.1 Å². The van der Waals surface area contributed by atoms with Crippen LogP contribution in [0.25, 0.3) is 0 Å². The lowest BCUT2D eigenvalue weighted by molar-refractivity contribution is -0.121. The summed E-state index contributed by atoms with van der Waals surface area (Å²) in [5.74, 6) is 0.381. The molecule has 6 nitrogen and oxygen atoms in total. The fourth-order valence-electron chi connectivity index (χ4n) is 2.70. The molecule has 1 unspecified atom stereocenters. The Bertz CT molecular complexity index is 880. The first-order chi connectivity index (χ1) is 12.5. The van der Waals surface area contributed by atoms with Crippen LogP contribution >= 0.6 is 0 Å². The predicted octanol–water partition coefficient (Wildman–Crippen LogP) is 2.50. The van der Waals surface area contributed by atoms with Gasteiger partial charge in [-0.3, -0.25) is 4.79 Å². The standard InChI is InChI=1S/C19H21NO5S/c1-14(15-5-3-2-4-6-15)20-19(21)9-12-26(22,23)16-7-8-17-18(13-16)25-11-10-24-17/h2-8,13-14H,9-12H2,1H3,(H,20,21). The number of rotatable bonds is 6. The SMILES string of the molecule is CC(NC(=O)CCS(=O)(=O)c1ccc2c(c1)OCCO2)c1ccccc1. The van der Waals surface area contributed by atoms with Crippen molar-refractivity contribution in [3.8, 4) is 11.5 Å². The summed E-state index contributed by atoms with van der Waals surface area (Å²) in [7, 11) is -3.59. The zero-order valence-electron chi connectivity index (χ0n) is 14.5. The minimum absolute atomic E-state index is 0.103. The zero-order chi connectivity index (χ0) is 18.6. The average molecular weight is 375 g/mol. The van der Waals surface area contributed by atoms with Gasteiger partial charge in [0.2, 0.25) is 5.91 Å². The third-order valence-corrected chi connectivity index (χ3v) is 5.86. The van der Waals surface area contributed by atoms with Crippen molar-refractivity contribution in [1.29, 1.82) is 0 Å². The number of sulfone groups is 1. The fraction of sp³-hybridized carbons (Fsp3) is 0.316. The maximum Gasteiger partial charge on any atom is 0.221 e. The molecule has 1 aliphatic heterocycles. The maximum atomic E-state index is 12.5. The van der Waals surface area contributed by atoms with Gasteiger partial charge in [-0.15, -0.1) is 0 Å². The third-order valence-electron chi connectivity index (χ3n) is 4.15. The molecule has 0 saturated heterocycles. The second-order valence-corrected chi connectivity index (χ2v) is 8.18. The second-order valence-electron chi connectivity index (χ2n) is 6.07. The van der Waals surface area contributed by atoms with E-state index in [0.717, 1.165) is 5.56 Å². The summed E-state index contributed by atoms with van der Waals surface area (Å²) in [6.45, 7) is 2.69. The van der Waals surface area contributed by atoms with Crippen LogP contribution in [0.5, 0.6) is 11.5 Å². The van der Waals surface area contributed by atoms with Gasteiger partial charge in [0.1, 0.15) is 13.2 Å². The molecule has 138 valence electrons. The van der Waals surface area contributed by atoms with E-state index in [2.05, 4.69) is 5.32 Å². The number of benzene rings is 2. The van der Waals surface area contributed by atoms with Crippen molar-refractivity contribution in [2.24, 2.45) is 0 Å². The highest BCUT2D eigenvalue weighted by Gasteiger charge is 2.21. The molecule has 0 bridgehead atoms. The van der Waals surface area contributed by atoms with Crippen LogP contribution in [-0.2, 0) is 14.6 Å². The zero-order valence-corrected chi connectivity index (χ0v) is 15.3. The van der Waals surface area contributed by atoms with E-state index in [0.29, 0.717) is 24.7 Å². The lowest BCUT2D eigenvalue weighted by Gasteiger charge is -2.19. The average Bonchev–Trinajstić information content (AvgIpc) is 2.67. The lowest BCUT2D eigenvalue weighted by Crippen LogP contribution is -2.28. The molecule has 1 amide bonds. The normalized spacial score (nSPS) is 14.5. The van der Waals surface area contributed by atoms with Crippen LogP contribution in [0.1, 0.15) is 24.9 Å². The van der Waals surface area contributed by atoms with Crippen LogP contribution in [0, 0.1) is 0 Å². The molecule has 0 radical (unpaired) electrons. The Morgan fingerprint density at radius 3 is 2.50 bits per heavy atom. The summed E-state index contributed by atoms with van der Waals surface area (Å²) in [6, 6.07) is 13.8. The predicted molar refractivity (Wildman–Crippen MR) is 97.1 cm³/mol. The van der Waals surface area contributed by atoms with E-state index < -0.39 is 9.84 Å². The molecule has 0 spiro atoms. The Balaban J connectivity index is 1.60. The largest absolute Gasteiger partial charge is 0.486 e. The molecule has 0 aromatic heterocycles. The number of ether oxygens (including phenoxy) is 2. The summed E-state index contributed by atoms with van der Waals surface area (Å²) in [5, 5.41) is 2.82. The summed E-state index contributed by atoms with van der Waals surface area (Å²) in [6.07, 6.45) is -0.103. The van der Waals surface area contributed by atoms with Crippen LogP contribution in [0.15, 0.2) is 53.4 Å². The number of fused-ring (bicyclic) bond motifs is 1. The van der Waals surface area contributed by atoms with Crippen molar-refractivity contribution < 1.29 is 22.7 Å². The van der Waals surface area contributed by atoms with E-state index in [-0.39, 0.29) is 29.0 Å². The molecule has 1 atom stereocenters. The van der Waals surface area contributed by atoms with Gasteiger partial charge in [-0.25, -0.2) is 8.42 Å². The van der Waals surface area contributed by atoms with Crippen molar-refractivity contribution in [3.63, 3.8) is 0 Å². The molecule has 0 fully saturated rings. The minimum Gasteiger partial charge on any atom is -0.486 e. The number of hydrogen-bond donors (Lipinski definition) is 1. The van der Waals surface area contributed by atoms with Crippen molar-refractivity contribution >= 4 is 15.7 Å². The second kappa shape index (κ2) is 7.78. The summed E-state index contributed by atoms with van der Waals surface area (Å²) >= 11 is 0. The highest BCUT2D eigenvalue weighted by atomic mass is 32.2. The number of hydrogen-bond acceptors (Lipinski definition) is 5. The molecule has 26 heavy (non-hydrogen) atoms. The van der Waals surface area contributed by atoms with E-state index >= 15 is 0 Å². The minimum atomic E-state index is -3.59. The maximum absolute atomic E-state index is 12.5. The highest BCUT2D eigenvalue weighted by Crippen LogP contribution is 2.32. The Hall–Kier alpha value is -2.54. The topological polar surface area (TPSA) is 81.7 Å². The number of carbonyl (C=O) groups excluding carboxylic acids is 1. The van der Waals surface area contributed by atoms with Crippen molar-refractivity contribution in [3.05, 3.63) is 54.1 Å². The van der Waals surface area contributed by atoms with Gasteiger partial charge in [-0.1, -0.05) is 30.3 Å². The third kappa shape index (κ3) is 4.35. The summed E-state index contributed by atoms with van der Waals surface area (Å²) < 4.78 is 35.8. The van der Waals surface area contributed by atoms with Gasteiger partial charge >= 0.3 is 0 Å². The van der Waals surface area contributed by atoms with Crippen LogP contribution < -0.4 is 14.8 Å². The van der Waals surface area contributed by atoms with Gasteiger partial charge in [0.05, 0.1) is 16.7 Å². The Morgan fingerprint density at radius 2 is 1.77 bits per heavy atom. The van der Waals surface area contributed by atoms with Crippen molar-refractivity contribution in [2.75, 3.05) is 19.0 Å². The molecule has 2 aromatic carbocycles. The monoisotopic (exact) mass is 375 g/mol. The van der Waals surface area contributed by atoms with Crippen molar-refractivity contribution in [1.82, 2.24) is 5.32 Å². The number of carbonyl (C=O) groups is 1. The van der Waals surface area contributed by atoms with Gasteiger partial charge in [0, 0.05) is 12.5 Å².